The van der Waals surface area contributed by atoms with Crippen LogP contribution in [0, 0.1) is 0 Å². The van der Waals surface area contributed by atoms with Crippen LogP contribution in [0.4, 0.5) is 0 Å². The fourth-order valence-corrected chi connectivity index (χ4v) is 13.4. The standard InChI is InChI=1S/C30H63N3O12Si3/c1-10-37-46(38-11-2,39-12-3)25-19-22-31-28(34)32(23-20-26-47(40-13-4,41-14-5)42-15-6)30(36)33(29(31)35)24-21-27-48(43-16-7,44-17-8)45-18-9/h10-27H2,1-9H3. The number of nitrogens with zero attached hydrogens (tertiary/aromatic N) is 3. The molecule has 0 saturated heterocycles. The summed E-state index contributed by atoms with van der Waals surface area (Å²) in [6, 6.07) is 1.22. The first-order valence-electron chi connectivity index (χ1n) is 17.8. The van der Waals surface area contributed by atoms with Crippen molar-refractivity contribution in [3.63, 3.8) is 0 Å². The van der Waals surface area contributed by atoms with Crippen LogP contribution in [-0.2, 0) is 59.5 Å². The average Bonchev–Trinajstić information content (AvgIpc) is 3.03. The maximum atomic E-state index is 13.8. The Hall–Kier alpha value is -1.30. The fraction of sp³-hybridized carbons (Fsp3) is 0.900. The van der Waals surface area contributed by atoms with E-state index in [0.717, 1.165) is 13.7 Å². The van der Waals surface area contributed by atoms with Gasteiger partial charge in [-0.1, -0.05) is 0 Å². The molecule has 0 fully saturated rings. The molecule has 0 spiro atoms. The van der Waals surface area contributed by atoms with E-state index in [0.29, 0.717) is 96.9 Å². The molecule has 0 unspecified atom stereocenters. The second-order valence-corrected chi connectivity index (χ2v) is 18.8. The van der Waals surface area contributed by atoms with E-state index in [9.17, 15) is 14.4 Å². The predicted octanol–water partition coefficient (Wildman–Crippen LogP) is 3.49. The zero-order chi connectivity index (χ0) is 36.1. The van der Waals surface area contributed by atoms with Crippen molar-refractivity contribution in [2.45, 2.75) is 119 Å². The van der Waals surface area contributed by atoms with E-state index >= 15 is 0 Å². The molecule has 0 aliphatic carbocycles. The summed E-state index contributed by atoms with van der Waals surface area (Å²) in [5.41, 5.74) is -2.01. The topological polar surface area (TPSA) is 149 Å². The first-order valence-corrected chi connectivity index (χ1v) is 23.6. The lowest BCUT2D eigenvalue weighted by Crippen LogP contribution is -2.55. The Morgan fingerprint density at radius 2 is 0.521 bits per heavy atom. The lowest BCUT2D eigenvalue weighted by Gasteiger charge is -2.29. The molecule has 0 aliphatic rings. The van der Waals surface area contributed by atoms with Gasteiger partial charge in [-0.3, -0.25) is 0 Å². The van der Waals surface area contributed by atoms with Gasteiger partial charge in [0.2, 0.25) is 0 Å². The van der Waals surface area contributed by atoms with Gasteiger partial charge >= 0.3 is 43.5 Å². The highest BCUT2D eigenvalue weighted by molar-refractivity contribution is 6.61. The molecule has 282 valence electrons. The molecule has 0 bridgehead atoms. The van der Waals surface area contributed by atoms with Crippen molar-refractivity contribution in [3.8, 4) is 0 Å². The summed E-state index contributed by atoms with van der Waals surface area (Å²) in [6.07, 6.45) is 1.14. The van der Waals surface area contributed by atoms with Gasteiger partial charge in [-0.25, -0.2) is 28.1 Å². The second-order valence-electron chi connectivity index (χ2n) is 10.6. The van der Waals surface area contributed by atoms with E-state index in [1.54, 1.807) is 0 Å². The molecule has 1 rings (SSSR count). The van der Waals surface area contributed by atoms with Crippen molar-refractivity contribution in [2.24, 2.45) is 0 Å². The third-order valence-corrected chi connectivity index (χ3v) is 16.7. The van der Waals surface area contributed by atoms with Gasteiger partial charge < -0.3 is 39.8 Å². The van der Waals surface area contributed by atoms with Gasteiger partial charge in [0.05, 0.1) is 0 Å². The van der Waals surface area contributed by atoms with Crippen LogP contribution >= 0.6 is 0 Å². The summed E-state index contributed by atoms with van der Waals surface area (Å²) >= 11 is 0. The molecule has 1 aromatic heterocycles. The highest BCUT2D eigenvalue weighted by Gasteiger charge is 2.42. The molecule has 0 radical (unpaired) electrons. The summed E-state index contributed by atoms with van der Waals surface area (Å²) < 4.78 is 57.1. The summed E-state index contributed by atoms with van der Waals surface area (Å²) in [7, 11) is -9.06. The first kappa shape index (κ1) is 44.7. The maximum Gasteiger partial charge on any atom is 0.500 e. The smallest absolute Gasteiger partial charge is 0.374 e. The lowest BCUT2D eigenvalue weighted by atomic mass is 10.4. The molecule has 1 heterocycles. The summed E-state index contributed by atoms with van der Waals surface area (Å²) in [5.74, 6) is 0. The number of rotatable bonds is 30. The van der Waals surface area contributed by atoms with Gasteiger partial charge in [-0.2, -0.15) is 0 Å². The van der Waals surface area contributed by atoms with E-state index in [-0.39, 0.29) is 19.6 Å². The Kier molecular flexibility index (Phi) is 22.3. The van der Waals surface area contributed by atoms with Crippen molar-refractivity contribution < 1.29 is 39.8 Å². The summed E-state index contributed by atoms with van der Waals surface area (Å²) in [6.45, 7) is 20.8. The van der Waals surface area contributed by atoms with E-state index in [1.807, 2.05) is 62.3 Å². The van der Waals surface area contributed by atoms with Crippen LogP contribution in [0.2, 0.25) is 18.1 Å². The highest BCUT2D eigenvalue weighted by atomic mass is 28.4. The van der Waals surface area contributed by atoms with Gasteiger partial charge in [0, 0.05) is 97.2 Å². The Bertz CT molecular complexity index is 972. The monoisotopic (exact) mass is 741 g/mol. The van der Waals surface area contributed by atoms with E-state index in [1.165, 1.54) is 0 Å². The molecule has 0 amide bonds. The minimum absolute atomic E-state index is 0.0605. The normalized spacial score (nSPS) is 12.7. The maximum absolute atomic E-state index is 13.8. The second kappa shape index (κ2) is 24.0. The van der Waals surface area contributed by atoms with Gasteiger partial charge in [0.15, 0.2) is 0 Å². The van der Waals surface area contributed by atoms with Crippen molar-refractivity contribution in [2.75, 3.05) is 59.5 Å². The predicted molar refractivity (Wildman–Crippen MR) is 189 cm³/mol. The Labute approximate surface area is 289 Å². The molecule has 0 aliphatic heterocycles. The van der Waals surface area contributed by atoms with Gasteiger partial charge in [0.1, 0.15) is 0 Å². The van der Waals surface area contributed by atoms with Gasteiger partial charge in [0.25, 0.3) is 0 Å². The van der Waals surface area contributed by atoms with Crippen LogP contribution in [0.1, 0.15) is 81.6 Å². The van der Waals surface area contributed by atoms with Crippen molar-refractivity contribution in [1.29, 1.82) is 0 Å². The zero-order valence-electron chi connectivity index (χ0n) is 31.0. The van der Waals surface area contributed by atoms with Crippen molar-refractivity contribution in [3.05, 3.63) is 31.5 Å². The minimum atomic E-state index is -3.02. The van der Waals surface area contributed by atoms with E-state index in [4.69, 9.17) is 39.8 Å². The summed E-state index contributed by atoms with van der Waals surface area (Å²) in [5, 5.41) is 0. The molecule has 0 atom stereocenters. The first-order chi connectivity index (χ1) is 23.1. The molecule has 15 nitrogen and oxygen atoms in total. The molecule has 1 aromatic rings. The Balaban J connectivity index is 3.52. The van der Waals surface area contributed by atoms with E-state index < -0.39 is 43.5 Å². The minimum Gasteiger partial charge on any atom is -0.374 e. The Morgan fingerprint density at radius 1 is 0.354 bits per heavy atom. The number of hydrogen-bond acceptors (Lipinski definition) is 12. The van der Waals surface area contributed by atoms with Crippen LogP contribution in [0.3, 0.4) is 0 Å². The zero-order valence-corrected chi connectivity index (χ0v) is 34.0. The third-order valence-electron chi connectivity index (χ3n) is 7.26. The van der Waals surface area contributed by atoms with Crippen LogP contribution in [0.5, 0.6) is 0 Å². The molecule has 0 aromatic carbocycles. The van der Waals surface area contributed by atoms with Gasteiger partial charge in [-0.15, -0.1) is 0 Å². The lowest BCUT2D eigenvalue weighted by molar-refractivity contribution is 0.0698. The van der Waals surface area contributed by atoms with E-state index in [2.05, 4.69) is 0 Å². The molecule has 48 heavy (non-hydrogen) atoms. The van der Waals surface area contributed by atoms with Crippen LogP contribution < -0.4 is 17.1 Å². The molecule has 0 saturated carbocycles. The van der Waals surface area contributed by atoms with Crippen molar-refractivity contribution >= 4 is 26.4 Å². The Morgan fingerprint density at radius 3 is 0.667 bits per heavy atom. The van der Waals surface area contributed by atoms with Crippen LogP contribution in [0.15, 0.2) is 14.4 Å². The molecular weight excluding hydrogens is 679 g/mol. The number of hydrogen-bond donors (Lipinski definition) is 0. The average molecular weight is 742 g/mol. The fourth-order valence-electron chi connectivity index (χ4n) is 5.62. The number of aromatic nitrogens is 3. The third kappa shape index (κ3) is 13.4. The molecule has 18 heteroatoms. The summed E-state index contributed by atoms with van der Waals surface area (Å²) in [4.78, 5) is 41.4. The van der Waals surface area contributed by atoms with Crippen LogP contribution in [0.25, 0.3) is 0 Å². The van der Waals surface area contributed by atoms with Crippen LogP contribution in [-0.4, -0.2) is 99.6 Å². The SMILES string of the molecule is CCO[Si](CCCn1c(=O)n(CCC[Si](OCC)(OCC)OCC)c(=O)n(CCC[Si](OCC)(OCC)OCC)c1=O)(OCC)OCC. The van der Waals surface area contributed by atoms with Gasteiger partial charge in [-0.05, 0) is 81.6 Å². The highest BCUT2D eigenvalue weighted by Crippen LogP contribution is 2.21. The van der Waals surface area contributed by atoms with Crippen molar-refractivity contribution in [1.82, 2.24) is 13.7 Å². The molecule has 0 N–H and O–H groups in total. The molecular formula is C30H63N3O12Si3. The largest absolute Gasteiger partial charge is 0.500 e. The quantitative estimate of drug-likeness (QED) is 0.106.